The minimum absolute atomic E-state index is 0.0322. The van der Waals surface area contributed by atoms with Crippen LogP contribution in [0.3, 0.4) is 0 Å². The van der Waals surface area contributed by atoms with Crippen molar-refractivity contribution in [1.82, 2.24) is 20.2 Å². The number of halogens is 3. The fourth-order valence-corrected chi connectivity index (χ4v) is 2.95. The lowest BCUT2D eigenvalue weighted by molar-refractivity contribution is 0.0434. The number of likely N-dealkylation sites (tertiary alicyclic amines) is 1. The van der Waals surface area contributed by atoms with Gasteiger partial charge in [-0.25, -0.2) is 18.7 Å². The highest BCUT2D eigenvalue weighted by Crippen LogP contribution is 2.27. The van der Waals surface area contributed by atoms with Crippen LogP contribution < -0.4 is 5.32 Å². The first kappa shape index (κ1) is 14.0. The summed E-state index contributed by atoms with van der Waals surface area (Å²) in [5, 5.41) is 2.29. The molecule has 144 valence electrons. The molecule has 0 bridgehead atoms. The molecule has 0 aliphatic carbocycles. The molecule has 0 atom stereocenters. The molecule has 1 aliphatic rings. The van der Waals surface area contributed by atoms with Crippen molar-refractivity contribution in [2.45, 2.75) is 31.9 Å². The molecule has 0 saturated carbocycles. The van der Waals surface area contributed by atoms with Crippen molar-refractivity contribution in [2.75, 3.05) is 19.6 Å². The van der Waals surface area contributed by atoms with Crippen LogP contribution in [-0.4, -0.2) is 46.1 Å². The summed E-state index contributed by atoms with van der Waals surface area (Å²) in [5.41, 5.74) is -1.70. The number of alkyl halides is 1. The van der Waals surface area contributed by atoms with Crippen molar-refractivity contribution < 1.29 is 20.4 Å². The van der Waals surface area contributed by atoms with Crippen LogP contribution in [0.25, 0.3) is 0 Å². The number of piperidine rings is 1. The van der Waals surface area contributed by atoms with E-state index < -0.39 is 24.8 Å². The molecule has 1 aliphatic heterocycles. The van der Waals surface area contributed by atoms with Gasteiger partial charge in [0.15, 0.2) is 0 Å². The third-order valence-electron chi connectivity index (χ3n) is 4.37. The zero-order chi connectivity index (χ0) is 23.7. The first-order valence-electron chi connectivity index (χ1n) is 10.8. The summed E-state index contributed by atoms with van der Waals surface area (Å²) >= 11 is 5.72. The number of carbonyl (C=O) groups is 1. The normalized spacial score (nSPS) is 20.1. The third-order valence-corrected chi connectivity index (χ3v) is 4.66. The van der Waals surface area contributed by atoms with Crippen LogP contribution in [0.1, 0.15) is 41.4 Å². The molecule has 0 unspecified atom stereocenters. The average molecular weight is 400 g/mol. The maximum atomic E-state index is 15.2. The van der Waals surface area contributed by atoms with Gasteiger partial charge in [0.05, 0.1) is 14.3 Å². The minimum Gasteiger partial charge on any atom is -0.338 e. The zero-order valence-corrected chi connectivity index (χ0v) is 15.1. The van der Waals surface area contributed by atoms with Crippen molar-refractivity contribution in [3.05, 3.63) is 58.4 Å². The van der Waals surface area contributed by atoms with Gasteiger partial charge >= 0.3 is 0 Å². The Labute approximate surface area is 168 Å². The zero-order valence-electron chi connectivity index (χ0n) is 19.3. The molecule has 1 fully saturated rings. The Bertz CT molecular complexity index is 983. The Hall–Kier alpha value is -2.12. The van der Waals surface area contributed by atoms with Gasteiger partial charge in [0, 0.05) is 54.5 Å². The molecule has 1 aromatic carbocycles. The predicted octanol–water partition coefficient (Wildman–Crippen LogP) is 3.31. The monoisotopic (exact) mass is 399 g/mol. The van der Waals surface area contributed by atoms with Gasteiger partial charge in [-0.15, -0.1) is 0 Å². The second kappa shape index (κ2) is 8.27. The fraction of sp³-hybridized carbons (Fsp3) is 0.421. The van der Waals surface area contributed by atoms with Crippen LogP contribution in [0.4, 0.5) is 8.78 Å². The van der Waals surface area contributed by atoms with Gasteiger partial charge in [0.2, 0.25) is 0 Å². The molecular formula is C19H21ClF2N4O. The van der Waals surface area contributed by atoms with Gasteiger partial charge < -0.3 is 10.2 Å². The summed E-state index contributed by atoms with van der Waals surface area (Å²) in [7, 11) is 0. The van der Waals surface area contributed by atoms with Gasteiger partial charge in [0.25, 0.3) is 5.91 Å². The van der Waals surface area contributed by atoms with Crippen LogP contribution >= 0.6 is 11.6 Å². The van der Waals surface area contributed by atoms with Crippen molar-refractivity contribution in [3.8, 4) is 0 Å². The van der Waals surface area contributed by atoms with Crippen LogP contribution in [0.5, 0.6) is 0 Å². The smallest absolute Gasteiger partial charge is 0.253 e. The number of amides is 1. The van der Waals surface area contributed by atoms with Gasteiger partial charge in [-0.2, -0.15) is 0 Å². The number of rotatable bonds is 5. The van der Waals surface area contributed by atoms with E-state index in [-0.39, 0.29) is 60.4 Å². The van der Waals surface area contributed by atoms with Crippen LogP contribution in [-0.2, 0) is 6.50 Å². The van der Waals surface area contributed by atoms with Gasteiger partial charge in [-0.05, 0) is 30.6 Å². The molecule has 1 saturated heterocycles. The molecule has 2 aromatic rings. The Morgan fingerprint density at radius 3 is 2.74 bits per heavy atom. The molecule has 0 spiro atoms. The summed E-state index contributed by atoms with van der Waals surface area (Å²) < 4.78 is 66.6. The number of hydrogen-bond acceptors (Lipinski definition) is 4. The third kappa shape index (κ3) is 4.99. The standard InChI is InChI=1S/C19H21ClF2N4O/c1-13-9-24-17(25-10-13)11-23-12-19(22)4-6-26(7-5-19)18(27)14-2-3-16(21)15(20)8-14/h2-3,8-10,23H,4-7,11-12H2,1H3/i1D3,11D2. The quantitative estimate of drug-likeness (QED) is 0.838. The average Bonchev–Trinajstić information content (AvgIpc) is 2.74. The Morgan fingerprint density at radius 2 is 2.11 bits per heavy atom. The second-order valence-electron chi connectivity index (χ2n) is 6.35. The Morgan fingerprint density at radius 1 is 1.41 bits per heavy atom. The largest absolute Gasteiger partial charge is 0.338 e. The number of carbonyl (C=O) groups excluding carboxylic acids is 1. The number of benzene rings is 1. The first-order valence-corrected chi connectivity index (χ1v) is 8.70. The van der Waals surface area contributed by atoms with Crippen molar-refractivity contribution >= 4 is 17.5 Å². The van der Waals surface area contributed by atoms with Crippen molar-refractivity contribution in [1.29, 1.82) is 0 Å². The lowest BCUT2D eigenvalue weighted by Gasteiger charge is -2.36. The molecule has 5 nitrogen and oxygen atoms in total. The predicted molar refractivity (Wildman–Crippen MR) is 98.9 cm³/mol. The molecule has 3 rings (SSSR count). The summed E-state index contributed by atoms with van der Waals surface area (Å²) in [4.78, 5) is 21.5. The van der Waals surface area contributed by atoms with E-state index in [1.54, 1.807) is 0 Å². The summed E-state index contributed by atoms with van der Waals surface area (Å²) in [5.74, 6) is -1.34. The maximum absolute atomic E-state index is 15.2. The second-order valence-corrected chi connectivity index (χ2v) is 6.75. The SMILES string of the molecule is [2H]C([2H])([2H])c1cnc(C([2H])([2H])NCC2(F)CCN(C(=O)c3ccc(F)c(Cl)c3)CC2)nc1. The number of hydrogen-bond donors (Lipinski definition) is 1. The highest BCUT2D eigenvalue weighted by Gasteiger charge is 2.36. The number of aryl methyl sites for hydroxylation is 1. The molecule has 27 heavy (non-hydrogen) atoms. The van der Waals surface area contributed by atoms with E-state index in [1.807, 2.05) is 0 Å². The maximum Gasteiger partial charge on any atom is 0.253 e. The fourth-order valence-electron chi connectivity index (χ4n) is 2.77. The number of nitrogens with one attached hydrogen (secondary N) is 1. The Balaban J connectivity index is 1.58. The van der Waals surface area contributed by atoms with Crippen LogP contribution in [0.15, 0.2) is 30.6 Å². The number of nitrogens with zero attached hydrogens (tertiary/aromatic N) is 3. The van der Waals surface area contributed by atoms with E-state index >= 15 is 4.39 Å². The summed E-state index contributed by atoms with van der Waals surface area (Å²) in [6, 6.07) is 3.64. The van der Waals surface area contributed by atoms with Gasteiger partial charge in [-0.1, -0.05) is 11.6 Å². The topological polar surface area (TPSA) is 58.1 Å². The highest BCUT2D eigenvalue weighted by atomic mass is 35.5. The van der Waals surface area contributed by atoms with Gasteiger partial charge in [0.1, 0.15) is 17.3 Å². The summed E-state index contributed by atoms with van der Waals surface area (Å²) in [6.07, 6.45) is 1.98. The Kier molecular flexibility index (Phi) is 4.28. The molecule has 0 radical (unpaired) electrons. The highest BCUT2D eigenvalue weighted by molar-refractivity contribution is 6.31. The lowest BCUT2D eigenvalue weighted by Crippen LogP contribution is -2.48. The molecule has 1 N–H and O–H groups in total. The van der Waals surface area contributed by atoms with E-state index in [1.165, 1.54) is 17.0 Å². The molecular weight excluding hydrogens is 374 g/mol. The van der Waals surface area contributed by atoms with Gasteiger partial charge in [-0.3, -0.25) is 4.79 Å². The van der Waals surface area contributed by atoms with Crippen LogP contribution in [0.2, 0.25) is 5.02 Å². The lowest BCUT2D eigenvalue weighted by atomic mass is 9.92. The first-order chi connectivity index (χ1) is 14.8. The van der Waals surface area contributed by atoms with E-state index in [4.69, 9.17) is 18.5 Å². The molecule has 1 aromatic heterocycles. The van der Waals surface area contributed by atoms with E-state index in [0.29, 0.717) is 0 Å². The molecule has 2 heterocycles. The van der Waals surface area contributed by atoms with E-state index in [0.717, 1.165) is 18.5 Å². The summed E-state index contributed by atoms with van der Waals surface area (Å²) in [6.45, 7) is -4.86. The van der Waals surface area contributed by atoms with Crippen molar-refractivity contribution in [3.63, 3.8) is 0 Å². The van der Waals surface area contributed by atoms with E-state index in [9.17, 15) is 9.18 Å². The van der Waals surface area contributed by atoms with E-state index in [2.05, 4.69) is 15.3 Å². The molecule has 8 heteroatoms. The molecule has 1 amide bonds. The van der Waals surface area contributed by atoms with Crippen LogP contribution in [0, 0.1) is 12.7 Å². The number of aromatic nitrogens is 2. The minimum atomic E-state index is -2.41. The van der Waals surface area contributed by atoms with Crippen molar-refractivity contribution in [2.24, 2.45) is 0 Å².